The van der Waals surface area contributed by atoms with Gasteiger partial charge < -0.3 is 15.4 Å². The molecule has 1 aliphatic rings. The van der Waals surface area contributed by atoms with E-state index >= 15 is 0 Å². The van der Waals surface area contributed by atoms with Crippen molar-refractivity contribution in [2.45, 2.75) is 26.1 Å². The molecule has 1 aromatic carbocycles. The maximum absolute atomic E-state index is 12.5. The number of nitrogens with one attached hydrogen (secondary N) is 3. The minimum absolute atomic E-state index is 0.0702. The maximum atomic E-state index is 12.5. The third kappa shape index (κ3) is 3.93. The minimum Gasteiger partial charge on any atom is -0.484 e. The predicted molar refractivity (Wildman–Crippen MR) is 84.7 cm³/mol. The second-order valence-corrected chi connectivity index (χ2v) is 5.74. The molecule has 0 saturated carbocycles. The molecule has 1 aromatic heterocycles. The van der Waals surface area contributed by atoms with Gasteiger partial charge in [0.1, 0.15) is 5.75 Å². The first-order valence-corrected chi connectivity index (χ1v) is 7.72. The highest BCUT2D eigenvalue weighted by Gasteiger charge is 2.29. The number of hydrogen-bond donors (Lipinski definition) is 3. The zero-order valence-electron chi connectivity index (χ0n) is 13.5. The third-order valence-corrected chi connectivity index (χ3v) is 3.95. The van der Waals surface area contributed by atoms with Gasteiger partial charge in [-0.3, -0.25) is 9.89 Å². The van der Waals surface area contributed by atoms with E-state index in [9.17, 15) is 18.0 Å². The van der Waals surface area contributed by atoms with Gasteiger partial charge in [-0.15, -0.1) is 0 Å². The Bertz CT molecular complexity index is 786. The van der Waals surface area contributed by atoms with Crippen molar-refractivity contribution in [3.63, 3.8) is 0 Å². The highest BCUT2D eigenvalue weighted by atomic mass is 19.4. The summed E-state index contributed by atoms with van der Waals surface area (Å²) in [6.45, 7) is 1.56. The maximum Gasteiger partial charge on any atom is 0.422 e. The van der Waals surface area contributed by atoms with Crippen molar-refractivity contribution >= 4 is 11.6 Å². The number of amides is 1. The van der Waals surface area contributed by atoms with E-state index in [4.69, 9.17) is 4.74 Å². The van der Waals surface area contributed by atoms with Crippen molar-refractivity contribution in [1.82, 2.24) is 15.5 Å². The van der Waals surface area contributed by atoms with Gasteiger partial charge in [0.25, 0.3) is 5.91 Å². The summed E-state index contributed by atoms with van der Waals surface area (Å²) in [5.74, 6) is -0.349. The Balaban J connectivity index is 1.76. The first kappa shape index (κ1) is 17.3. The molecule has 2 aromatic rings. The summed E-state index contributed by atoms with van der Waals surface area (Å²) in [6.07, 6.45) is -3.66. The lowest BCUT2D eigenvalue weighted by Crippen LogP contribution is -2.25. The molecule has 25 heavy (non-hydrogen) atoms. The Morgan fingerprint density at radius 2 is 2.20 bits per heavy atom. The summed E-state index contributed by atoms with van der Waals surface area (Å²) in [4.78, 5) is 12.5. The summed E-state index contributed by atoms with van der Waals surface area (Å²) in [5, 5.41) is 12.8. The summed E-state index contributed by atoms with van der Waals surface area (Å²) in [7, 11) is 0. The fourth-order valence-corrected chi connectivity index (χ4v) is 2.66. The van der Waals surface area contributed by atoms with E-state index in [0.29, 0.717) is 17.8 Å². The number of hydrogen-bond acceptors (Lipinski definition) is 4. The van der Waals surface area contributed by atoms with Crippen molar-refractivity contribution in [1.29, 1.82) is 0 Å². The van der Waals surface area contributed by atoms with Crippen molar-refractivity contribution in [2.75, 3.05) is 18.5 Å². The van der Waals surface area contributed by atoms with Gasteiger partial charge in [0.15, 0.2) is 12.3 Å². The van der Waals surface area contributed by atoms with Crippen LogP contribution in [0.4, 0.5) is 18.9 Å². The molecule has 0 bridgehead atoms. The number of alkyl halides is 3. The number of H-pyrrole nitrogens is 1. The number of halogens is 3. The van der Waals surface area contributed by atoms with Crippen molar-refractivity contribution in [3.05, 3.63) is 40.7 Å². The summed E-state index contributed by atoms with van der Waals surface area (Å²) >= 11 is 0. The van der Waals surface area contributed by atoms with Crippen molar-refractivity contribution in [3.8, 4) is 5.75 Å². The Morgan fingerprint density at radius 3 is 2.96 bits per heavy atom. The van der Waals surface area contributed by atoms with Gasteiger partial charge in [-0.1, -0.05) is 6.07 Å². The van der Waals surface area contributed by atoms with Crippen LogP contribution in [0.3, 0.4) is 0 Å². The molecular weight excluding hydrogens is 337 g/mol. The first-order valence-electron chi connectivity index (χ1n) is 7.72. The SMILES string of the molecule is Cc1c(NC(=O)c2n[nH]c3c2CNCC3)cccc1OCC(F)(F)F. The zero-order chi connectivity index (χ0) is 18.0. The van der Waals surface area contributed by atoms with E-state index in [1.165, 1.54) is 12.1 Å². The van der Waals surface area contributed by atoms with E-state index in [0.717, 1.165) is 24.2 Å². The molecule has 3 rings (SSSR count). The van der Waals surface area contributed by atoms with Gasteiger partial charge in [-0.05, 0) is 19.1 Å². The van der Waals surface area contributed by atoms with Crippen LogP contribution in [-0.4, -0.2) is 35.4 Å². The highest BCUT2D eigenvalue weighted by Crippen LogP contribution is 2.28. The molecule has 1 amide bonds. The number of anilines is 1. The Kier molecular flexibility index (Phi) is 4.67. The molecule has 134 valence electrons. The normalized spacial score (nSPS) is 14.1. The summed E-state index contributed by atoms with van der Waals surface area (Å²) in [5.41, 5.74) is 2.81. The van der Waals surface area contributed by atoms with Crippen LogP contribution in [0.15, 0.2) is 18.2 Å². The second kappa shape index (κ2) is 6.75. The van der Waals surface area contributed by atoms with E-state index in [-0.39, 0.29) is 11.4 Å². The molecule has 0 saturated heterocycles. The number of ether oxygens (including phenoxy) is 1. The van der Waals surface area contributed by atoms with Gasteiger partial charge in [0, 0.05) is 42.0 Å². The van der Waals surface area contributed by atoms with Crippen LogP contribution in [0.25, 0.3) is 0 Å². The number of fused-ring (bicyclic) bond motifs is 1. The Morgan fingerprint density at radius 1 is 1.40 bits per heavy atom. The molecule has 9 heteroatoms. The van der Waals surface area contributed by atoms with E-state index in [1.807, 2.05) is 0 Å². The average molecular weight is 354 g/mol. The van der Waals surface area contributed by atoms with E-state index in [2.05, 4.69) is 20.8 Å². The number of aromatic nitrogens is 2. The largest absolute Gasteiger partial charge is 0.484 e. The molecule has 0 unspecified atom stereocenters. The van der Waals surface area contributed by atoms with E-state index in [1.54, 1.807) is 13.0 Å². The quantitative estimate of drug-likeness (QED) is 0.788. The van der Waals surface area contributed by atoms with Gasteiger partial charge in [0.2, 0.25) is 0 Å². The number of nitrogens with zero attached hydrogens (tertiary/aromatic N) is 1. The van der Waals surface area contributed by atoms with Crippen LogP contribution >= 0.6 is 0 Å². The zero-order valence-corrected chi connectivity index (χ0v) is 13.5. The van der Waals surface area contributed by atoms with Crippen LogP contribution in [0.5, 0.6) is 5.75 Å². The second-order valence-electron chi connectivity index (χ2n) is 5.74. The van der Waals surface area contributed by atoms with Crippen molar-refractivity contribution < 1.29 is 22.7 Å². The van der Waals surface area contributed by atoms with Gasteiger partial charge in [0.05, 0.1) is 0 Å². The Hall–Kier alpha value is -2.55. The van der Waals surface area contributed by atoms with E-state index < -0.39 is 18.7 Å². The van der Waals surface area contributed by atoms with Gasteiger partial charge in [-0.2, -0.15) is 18.3 Å². The molecule has 0 fully saturated rings. The number of aromatic amines is 1. The molecule has 0 aliphatic carbocycles. The Labute approximate surface area is 141 Å². The van der Waals surface area contributed by atoms with Crippen LogP contribution in [0.2, 0.25) is 0 Å². The highest BCUT2D eigenvalue weighted by molar-refractivity contribution is 6.04. The van der Waals surface area contributed by atoms with Crippen LogP contribution in [0, 0.1) is 6.92 Å². The molecule has 0 spiro atoms. The number of benzene rings is 1. The van der Waals surface area contributed by atoms with Crippen LogP contribution in [-0.2, 0) is 13.0 Å². The lowest BCUT2D eigenvalue weighted by molar-refractivity contribution is -0.153. The number of rotatable bonds is 4. The lowest BCUT2D eigenvalue weighted by atomic mass is 10.1. The van der Waals surface area contributed by atoms with Crippen LogP contribution in [0.1, 0.15) is 27.3 Å². The standard InChI is InChI=1S/C16H17F3N4O2/c1-9-11(3-2-4-13(9)25-8-16(17,18)19)21-15(24)14-10-7-20-6-5-12(10)22-23-14/h2-4,20H,5-8H2,1H3,(H,21,24)(H,22,23). The fourth-order valence-electron chi connectivity index (χ4n) is 2.66. The van der Waals surface area contributed by atoms with Gasteiger partial charge in [-0.25, -0.2) is 0 Å². The molecule has 2 heterocycles. The lowest BCUT2D eigenvalue weighted by Gasteiger charge is -2.15. The average Bonchev–Trinajstić information content (AvgIpc) is 2.99. The van der Waals surface area contributed by atoms with Gasteiger partial charge >= 0.3 is 6.18 Å². The third-order valence-electron chi connectivity index (χ3n) is 3.95. The molecule has 0 radical (unpaired) electrons. The molecular formula is C16H17F3N4O2. The van der Waals surface area contributed by atoms with Crippen LogP contribution < -0.4 is 15.4 Å². The molecule has 0 atom stereocenters. The fraction of sp³-hybridized carbons (Fsp3) is 0.375. The smallest absolute Gasteiger partial charge is 0.422 e. The molecule has 6 nitrogen and oxygen atoms in total. The summed E-state index contributed by atoms with van der Waals surface area (Å²) in [6, 6.07) is 4.55. The molecule has 3 N–H and O–H groups in total. The molecule has 1 aliphatic heterocycles. The topological polar surface area (TPSA) is 79.0 Å². The monoisotopic (exact) mass is 354 g/mol. The first-order chi connectivity index (χ1) is 11.8. The minimum atomic E-state index is -4.42. The number of carbonyl (C=O) groups is 1. The predicted octanol–water partition coefficient (Wildman–Crippen LogP) is 2.56. The summed E-state index contributed by atoms with van der Waals surface area (Å²) < 4.78 is 41.7. The van der Waals surface area contributed by atoms with Crippen molar-refractivity contribution in [2.24, 2.45) is 0 Å². The number of carbonyl (C=O) groups excluding carboxylic acids is 1.